The topological polar surface area (TPSA) is 94.6 Å². The first kappa shape index (κ1) is 22.9. The van der Waals surface area contributed by atoms with E-state index >= 15 is 0 Å². The number of amides is 1. The summed E-state index contributed by atoms with van der Waals surface area (Å²) in [5, 5.41) is 15.0. The van der Waals surface area contributed by atoms with Gasteiger partial charge in [-0.3, -0.25) is 19.9 Å². The summed E-state index contributed by atoms with van der Waals surface area (Å²) in [6.45, 7) is 1.41. The Morgan fingerprint density at radius 2 is 1.66 bits per heavy atom. The van der Waals surface area contributed by atoms with Gasteiger partial charge in [-0.2, -0.15) is 0 Å². The van der Waals surface area contributed by atoms with Crippen LogP contribution in [-0.4, -0.2) is 59.5 Å². The average molecular weight is 439 g/mol. The second-order valence-corrected chi connectivity index (χ2v) is 7.01. The number of hydrogen-bond donors (Lipinski definition) is 3. The quantitative estimate of drug-likeness (QED) is 0.347. The van der Waals surface area contributed by atoms with Crippen molar-refractivity contribution in [2.75, 3.05) is 36.4 Å². The van der Waals surface area contributed by atoms with Gasteiger partial charge in [0.2, 0.25) is 0 Å². The van der Waals surface area contributed by atoms with Crippen LogP contribution in [-0.2, 0) is 11.2 Å². The molecule has 0 bridgehead atoms. The zero-order valence-corrected chi connectivity index (χ0v) is 17.4. The molecule has 1 atom stereocenters. The third kappa shape index (κ3) is 7.53. The zero-order valence-electron chi connectivity index (χ0n) is 15.9. The van der Waals surface area contributed by atoms with Crippen LogP contribution >= 0.6 is 23.2 Å². The van der Waals surface area contributed by atoms with Crippen LogP contribution in [0.4, 0.5) is 5.69 Å². The first-order chi connectivity index (χ1) is 14.0. The fraction of sp³-hybridized carbons (Fsp3) is 0.350. The van der Waals surface area contributed by atoms with Gasteiger partial charge in [-0.25, -0.2) is 0 Å². The van der Waals surface area contributed by atoms with Crippen molar-refractivity contribution in [3.05, 3.63) is 59.9 Å². The number of nitrogens with one attached hydrogen (secondary N) is 2. The number of benzene rings is 1. The number of nitrogens with zero attached hydrogens (tertiary/aromatic N) is 2. The summed E-state index contributed by atoms with van der Waals surface area (Å²) in [4.78, 5) is 29.5. The van der Waals surface area contributed by atoms with E-state index in [1.54, 1.807) is 12.1 Å². The van der Waals surface area contributed by atoms with Crippen LogP contribution in [0.3, 0.4) is 0 Å². The van der Waals surface area contributed by atoms with Crippen LogP contribution in [0.1, 0.15) is 15.9 Å². The predicted octanol–water partition coefficient (Wildman–Crippen LogP) is 2.34. The number of carboxylic acids is 1. The molecule has 0 aliphatic rings. The van der Waals surface area contributed by atoms with Crippen LogP contribution in [0.15, 0.2) is 48.8 Å². The van der Waals surface area contributed by atoms with Gasteiger partial charge in [-0.1, -0.05) is 12.1 Å². The Balaban J connectivity index is 1.91. The molecule has 2 rings (SSSR count). The summed E-state index contributed by atoms with van der Waals surface area (Å²) in [6.07, 6.45) is 3.33. The van der Waals surface area contributed by atoms with E-state index in [2.05, 4.69) is 20.5 Å². The van der Waals surface area contributed by atoms with Crippen molar-refractivity contribution in [2.24, 2.45) is 0 Å². The van der Waals surface area contributed by atoms with Crippen LogP contribution in [0.5, 0.6) is 0 Å². The zero-order chi connectivity index (χ0) is 21.1. The molecule has 156 valence electrons. The number of halogens is 2. The van der Waals surface area contributed by atoms with E-state index in [9.17, 15) is 14.7 Å². The number of alkyl halides is 2. The highest BCUT2D eigenvalue weighted by Gasteiger charge is 2.18. The molecule has 1 aromatic carbocycles. The molecular weight excluding hydrogens is 415 g/mol. The SMILES string of the molecule is O=C(NCNC(Cc1ccc(N(CCCl)CCCl)cc1)C(=O)O)c1ccncc1. The van der Waals surface area contributed by atoms with Gasteiger partial charge >= 0.3 is 5.97 Å². The molecule has 1 amide bonds. The largest absolute Gasteiger partial charge is 0.480 e. The third-order valence-electron chi connectivity index (χ3n) is 4.29. The van der Waals surface area contributed by atoms with Gasteiger partial charge in [0.1, 0.15) is 6.04 Å². The fourth-order valence-corrected chi connectivity index (χ4v) is 3.17. The fourth-order valence-electron chi connectivity index (χ4n) is 2.76. The molecule has 1 aromatic heterocycles. The number of hydrogen-bond acceptors (Lipinski definition) is 5. The van der Waals surface area contributed by atoms with Gasteiger partial charge in [0.15, 0.2) is 0 Å². The maximum Gasteiger partial charge on any atom is 0.321 e. The van der Waals surface area contributed by atoms with Gasteiger partial charge in [0.25, 0.3) is 5.91 Å². The minimum Gasteiger partial charge on any atom is -0.480 e. The number of carbonyl (C=O) groups is 2. The van der Waals surface area contributed by atoms with Crippen molar-refractivity contribution in [2.45, 2.75) is 12.5 Å². The lowest BCUT2D eigenvalue weighted by molar-refractivity contribution is -0.139. The highest BCUT2D eigenvalue weighted by atomic mass is 35.5. The predicted molar refractivity (Wildman–Crippen MR) is 115 cm³/mol. The lowest BCUT2D eigenvalue weighted by atomic mass is 10.1. The van der Waals surface area contributed by atoms with Gasteiger partial charge < -0.3 is 15.3 Å². The Morgan fingerprint density at radius 3 is 2.21 bits per heavy atom. The highest BCUT2D eigenvalue weighted by Crippen LogP contribution is 2.16. The van der Waals surface area contributed by atoms with Gasteiger partial charge in [-0.15, -0.1) is 23.2 Å². The Hall–Kier alpha value is -2.35. The molecule has 0 spiro atoms. The normalized spacial score (nSPS) is 11.7. The molecule has 0 fully saturated rings. The molecule has 2 aromatic rings. The van der Waals surface area contributed by atoms with Crippen molar-refractivity contribution in [1.29, 1.82) is 0 Å². The van der Waals surface area contributed by atoms with E-state index in [1.807, 2.05) is 24.3 Å². The Bertz CT molecular complexity index is 769. The standard InChI is InChI=1S/C20H24Cl2N4O3/c21-7-11-26(12-8-22)17-3-1-15(2-4-17)13-18(20(28)29)24-14-25-19(27)16-5-9-23-10-6-16/h1-6,9-10,18,24H,7-8,11-14H2,(H,25,27)(H,28,29). The van der Waals surface area contributed by atoms with Crippen LogP contribution in [0.2, 0.25) is 0 Å². The second-order valence-electron chi connectivity index (χ2n) is 6.25. The molecule has 0 aliphatic heterocycles. The summed E-state index contributed by atoms with van der Waals surface area (Å²) in [5.41, 5.74) is 2.31. The van der Waals surface area contributed by atoms with E-state index in [1.165, 1.54) is 12.4 Å². The number of pyridine rings is 1. The lowest BCUT2D eigenvalue weighted by Crippen LogP contribution is -2.44. The summed E-state index contributed by atoms with van der Waals surface area (Å²) >= 11 is 11.7. The monoisotopic (exact) mass is 438 g/mol. The molecule has 0 saturated carbocycles. The molecule has 0 radical (unpaired) electrons. The lowest BCUT2D eigenvalue weighted by Gasteiger charge is -2.23. The summed E-state index contributed by atoms with van der Waals surface area (Å²) in [7, 11) is 0. The molecular formula is C20H24Cl2N4O3. The Morgan fingerprint density at radius 1 is 1.03 bits per heavy atom. The van der Waals surface area contributed by atoms with Gasteiger partial charge in [0.05, 0.1) is 6.67 Å². The van der Waals surface area contributed by atoms with Crippen LogP contribution < -0.4 is 15.5 Å². The average Bonchev–Trinajstić information content (AvgIpc) is 2.74. The number of carbonyl (C=O) groups excluding carboxylic acids is 1. The Kier molecular flexibility index (Phi) is 9.70. The highest BCUT2D eigenvalue weighted by molar-refractivity contribution is 6.18. The number of rotatable bonds is 12. The van der Waals surface area contributed by atoms with E-state index in [0.717, 1.165) is 11.3 Å². The smallest absolute Gasteiger partial charge is 0.321 e. The molecule has 0 saturated heterocycles. The van der Waals surface area contributed by atoms with Crippen molar-refractivity contribution >= 4 is 40.8 Å². The summed E-state index contributed by atoms with van der Waals surface area (Å²) in [6, 6.07) is 9.97. The van der Waals surface area contributed by atoms with Crippen molar-refractivity contribution in [3.8, 4) is 0 Å². The van der Waals surface area contributed by atoms with E-state index in [4.69, 9.17) is 23.2 Å². The maximum absolute atomic E-state index is 12.0. The maximum atomic E-state index is 12.0. The summed E-state index contributed by atoms with van der Waals surface area (Å²) < 4.78 is 0. The number of aromatic nitrogens is 1. The Labute approximate surface area is 180 Å². The van der Waals surface area contributed by atoms with E-state index < -0.39 is 12.0 Å². The van der Waals surface area contributed by atoms with Crippen LogP contribution in [0.25, 0.3) is 0 Å². The molecule has 0 aliphatic carbocycles. The van der Waals surface area contributed by atoms with E-state index in [-0.39, 0.29) is 19.0 Å². The number of carboxylic acid groups (broad SMARTS) is 1. The molecule has 3 N–H and O–H groups in total. The van der Waals surface area contributed by atoms with Crippen molar-refractivity contribution < 1.29 is 14.7 Å². The first-order valence-electron chi connectivity index (χ1n) is 9.15. The van der Waals surface area contributed by atoms with Crippen LogP contribution in [0, 0.1) is 0 Å². The van der Waals surface area contributed by atoms with Gasteiger partial charge in [-0.05, 0) is 36.2 Å². The van der Waals surface area contributed by atoms with Crippen molar-refractivity contribution in [3.63, 3.8) is 0 Å². The molecule has 29 heavy (non-hydrogen) atoms. The summed E-state index contributed by atoms with van der Waals surface area (Å²) in [5.74, 6) is -0.297. The number of anilines is 1. The van der Waals surface area contributed by atoms with Gasteiger partial charge in [0, 0.05) is 48.5 Å². The first-order valence-corrected chi connectivity index (χ1v) is 10.2. The van der Waals surface area contributed by atoms with Crippen molar-refractivity contribution in [1.82, 2.24) is 15.6 Å². The van der Waals surface area contributed by atoms with E-state index in [0.29, 0.717) is 30.4 Å². The molecule has 1 unspecified atom stereocenters. The number of aliphatic carboxylic acids is 1. The second kappa shape index (κ2) is 12.3. The molecule has 7 nitrogen and oxygen atoms in total. The third-order valence-corrected chi connectivity index (χ3v) is 4.63. The minimum atomic E-state index is -0.988. The molecule has 1 heterocycles. The molecule has 9 heteroatoms. The minimum absolute atomic E-state index is 0.0371.